The van der Waals surface area contributed by atoms with E-state index in [9.17, 15) is 37.0 Å². The maximum absolute atomic E-state index is 14.5. The third kappa shape index (κ3) is 12.2. The Morgan fingerprint density at radius 3 is 2.04 bits per heavy atom. The average molecular weight is 704 g/mol. The molecule has 0 radical (unpaired) electrons. The van der Waals surface area contributed by atoms with Gasteiger partial charge in [-0.1, -0.05) is 87.4 Å². The molecule has 0 aliphatic rings. The third-order valence-corrected chi connectivity index (χ3v) is 10.5. The molecule has 0 heterocycles. The molecule has 0 bridgehead atoms. The van der Waals surface area contributed by atoms with E-state index in [0.29, 0.717) is 42.9 Å². The fourth-order valence-electron chi connectivity index (χ4n) is 5.70. The van der Waals surface area contributed by atoms with Gasteiger partial charge in [0.1, 0.15) is 24.3 Å². The molecule has 4 atom stereocenters. The Morgan fingerprint density at radius 1 is 0.918 bits per heavy atom. The van der Waals surface area contributed by atoms with E-state index >= 15 is 0 Å². The van der Waals surface area contributed by atoms with Crippen LogP contribution in [-0.2, 0) is 32.4 Å². The minimum absolute atomic E-state index is 0.143. The van der Waals surface area contributed by atoms with Crippen LogP contribution < -0.4 is 11.1 Å². The van der Waals surface area contributed by atoms with E-state index in [1.807, 2.05) is 13.8 Å². The van der Waals surface area contributed by atoms with Crippen LogP contribution in [0.5, 0.6) is 0 Å². The Bertz CT molecular complexity index is 1560. The van der Waals surface area contributed by atoms with Crippen LogP contribution >= 0.6 is 0 Å². The van der Waals surface area contributed by atoms with Gasteiger partial charge in [0.15, 0.2) is 9.84 Å². The molecular formula is C36H47F2N3O7S. The van der Waals surface area contributed by atoms with Crippen molar-refractivity contribution in [1.82, 2.24) is 10.2 Å². The fraction of sp³-hybridized carbons (Fsp3) is 0.444. The van der Waals surface area contributed by atoms with Crippen molar-refractivity contribution in [2.45, 2.75) is 82.0 Å². The minimum Gasteiger partial charge on any atom is -0.445 e. The number of carbonyl (C=O) groups is 2. The number of aliphatic hydroxyl groups excluding tert-OH is 2. The number of hydrogen-bond donors (Lipinski definition) is 4. The van der Waals surface area contributed by atoms with Crippen LogP contribution in [0.1, 0.15) is 62.3 Å². The van der Waals surface area contributed by atoms with Crippen molar-refractivity contribution in [3.63, 3.8) is 0 Å². The summed E-state index contributed by atoms with van der Waals surface area (Å²) >= 11 is 0. The second-order valence-corrected chi connectivity index (χ2v) is 14.4. The molecule has 3 aromatic carbocycles. The van der Waals surface area contributed by atoms with Gasteiger partial charge in [0, 0.05) is 18.7 Å². The van der Waals surface area contributed by atoms with Gasteiger partial charge >= 0.3 is 6.09 Å². The molecule has 0 spiro atoms. The van der Waals surface area contributed by atoms with Crippen LogP contribution in [0.3, 0.4) is 0 Å². The molecule has 3 rings (SSSR count). The molecule has 2 amide bonds. The molecular weight excluding hydrogens is 656 g/mol. The highest BCUT2D eigenvalue weighted by Gasteiger charge is 2.38. The number of sulfone groups is 1. The molecule has 0 fully saturated rings. The van der Waals surface area contributed by atoms with E-state index in [-0.39, 0.29) is 18.6 Å². The highest BCUT2D eigenvalue weighted by molar-refractivity contribution is 7.92. The van der Waals surface area contributed by atoms with E-state index in [2.05, 4.69) is 5.32 Å². The predicted octanol–water partition coefficient (Wildman–Crippen LogP) is 4.44. The van der Waals surface area contributed by atoms with Gasteiger partial charge in [-0.3, -0.25) is 4.79 Å². The molecule has 0 saturated carbocycles. The average Bonchev–Trinajstić information content (AvgIpc) is 3.06. The Morgan fingerprint density at radius 2 is 1.49 bits per heavy atom. The van der Waals surface area contributed by atoms with Crippen molar-refractivity contribution in [2.24, 2.45) is 5.73 Å². The van der Waals surface area contributed by atoms with Crippen molar-refractivity contribution < 1.29 is 41.7 Å². The van der Waals surface area contributed by atoms with Gasteiger partial charge in [-0.05, 0) is 48.1 Å². The van der Waals surface area contributed by atoms with Crippen molar-refractivity contribution >= 4 is 21.8 Å². The maximum Gasteiger partial charge on any atom is 0.408 e. The molecule has 268 valence electrons. The molecule has 0 aliphatic heterocycles. The highest BCUT2D eigenvalue weighted by atomic mass is 32.2. The summed E-state index contributed by atoms with van der Waals surface area (Å²) in [5, 5.41) is 23.5. The number of halogens is 2. The Hall–Kier alpha value is -3.91. The predicted molar refractivity (Wildman–Crippen MR) is 183 cm³/mol. The van der Waals surface area contributed by atoms with Crippen molar-refractivity contribution in [1.29, 1.82) is 0 Å². The summed E-state index contributed by atoms with van der Waals surface area (Å²) in [6.07, 6.45) is -0.811. The Kier molecular flexibility index (Phi) is 15.6. The van der Waals surface area contributed by atoms with Crippen LogP contribution in [-0.4, -0.2) is 77.9 Å². The van der Waals surface area contributed by atoms with Crippen LogP contribution in [0.15, 0.2) is 78.9 Å². The first-order valence-electron chi connectivity index (χ1n) is 16.4. The quantitative estimate of drug-likeness (QED) is 0.143. The second-order valence-electron chi connectivity index (χ2n) is 12.1. The summed E-state index contributed by atoms with van der Waals surface area (Å²) < 4.78 is 60.6. The largest absolute Gasteiger partial charge is 0.445 e. The number of carbonyl (C=O) groups excluding carboxylic acids is 2. The van der Waals surface area contributed by atoms with E-state index in [4.69, 9.17) is 10.5 Å². The molecule has 49 heavy (non-hydrogen) atoms. The number of nitrogens with zero attached hydrogens (tertiary/aromatic N) is 1. The molecule has 2 unspecified atom stereocenters. The number of aliphatic hydroxyl groups is 2. The molecule has 3 aromatic rings. The smallest absolute Gasteiger partial charge is 0.408 e. The van der Waals surface area contributed by atoms with Crippen LogP contribution in [0.25, 0.3) is 0 Å². The number of nitrogens with one attached hydrogen (secondary N) is 1. The summed E-state index contributed by atoms with van der Waals surface area (Å²) in [5.74, 6) is -3.31. The molecule has 0 aromatic heterocycles. The van der Waals surface area contributed by atoms with Gasteiger partial charge in [-0.25, -0.2) is 22.0 Å². The van der Waals surface area contributed by atoms with Gasteiger partial charge < -0.3 is 30.9 Å². The third-order valence-electron chi connectivity index (χ3n) is 8.22. The van der Waals surface area contributed by atoms with Crippen molar-refractivity contribution in [3.05, 3.63) is 107 Å². The SMILES string of the molecule is CCCC(CCC)S(=O)(=O)CC(NC(=O)OCc1ccccc1)C(=O)N(C[C@@H](O)[C@@H](N)Cc1cc(F)cc(F)c1)C(CO)c1ccccc1. The van der Waals surface area contributed by atoms with E-state index in [1.54, 1.807) is 60.7 Å². The number of amides is 2. The first kappa shape index (κ1) is 39.5. The topological polar surface area (TPSA) is 159 Å². The number of ether oxygens (including phenoxy) is 1. The summed E-state index contributed by atoms with van der Waals surface area (Å²) in [7, 11) is -3.97. The van der Waals surface area contributed by atoms with Crippen molar-refractivity contribution in [2.75, 3.05) is 18.9 Å². The zero-order valence-corrected chi connectivity index (χ0v) is 28.7. The van der Waals surface area contributed by atoms with Crippen LogP contribution in [0, 0.1) is 11.6 Å². The number of benzene rings is 3. The Balaban J connectivity index is 1.98. The summed E-state index contributed by atoms with van der Waals surface area (Å²) in [4.78, 5) is 28.6. The number of alkyl carbamates (subject to hydrolysis) is 1. The lowest BCUT2D eigenvalue weighted by molar-refractivity contribution is -0.138. The van der Waals surface area contributed by atoms with Gasteiger partial charge in [0.25, 0.3) is 0 Å². The van der Waals surface area contributed by atoms with Crippen molar-refractivity contribution in [3.8, 4) is 0 Å². The number of hydrogen-bond acceptors (Lipinski definition) is 8. The molecule has 0 aliphatic carbocycles. The molecule has 5 N–H and O–H groups in total. The normalized spacial score (nSPS) is 14.1. The first-order chi connectivity index (χ1) is 23.4. The lowest BCUT2D eigenvalue weighted by atomic mass is 9.99. The van der Waals surface area contributed by atoms with E-state index in [1.165, 1.54) is 0 Å². The molecule has 13 heteroatoms. The minimum atomic E-state index is -3.97. The monoisotopic (exact) mass is 703 g/mol. The summed E-state index contributed by atoms with van der Waals surface area (Å²) in [5.41, 5.74) is 7.57. The zero-order valence-electron chi connectivity index (χ0n) is 27.9. The lowest BCUT2D eigenvalue weighted by Gasteiger charge is -2.36. The zero-order chi connectivity index (χ0) is 36.0. The fourth-order valence-corrected chi connectivity index (χ4v) is 7.85. The molecule has 10 nitrogen and oxygen atoms in total. The first-order valence-corrected chi connectivity index (χ1v) is 18.1. The van der Waals surface area contributed by atoms with E-state index < -0.39 is 81.9 Å². The second kappa shape index (κ2) is 19.3. The highest BCUT2D eigenvalue weighted by Crippen LogP contribution is 2.24. The standard InChI is InChI=1S/C36H47F2N3O7S/c1-3-11-30(12-4-2)49(46,47)24-32(40-36(45)48-23-25-13-7-5-8-14-25)35(44)41(33(22-42)27-15-9-6-10-16-27)21-34(43)31(39)19-26-17-28(37)20-29(38)18-26/h5-10,13-18,20,30-34,42-43H,3-4,11-12,19,21-24,39H2,1-2H3,(H,40,45)/t31-,32?,33?,34+/m0/s1. The molecule has 0 saturated heterocycles. The van der Waals surface area contributed by atoms with Crippen LogP contribution in [0.2, 0.25) is 0 Å². The van der Waals surface area contributed by atoms with Crippen LogP contribution in [0.4, 0.5) is 13.6 Å². The van der Waals surface area contributed by atoms with Gasteiger partial charge in [-0.2, -0.15) is 0 Å². The maximum atomic E-state index is 14.5. The summed E-state index contributed by atoms with van der Waals surface area (Å²) in [6, 6.07) is 16.1. The van der Waals surface area contributed by atoms with E-state index in [0.717, 1.165) is 17.0 Å². The Labute approximate surface area is 287 Å². The van der Waals surface area contributed by atoms with Gasteiger partial charge in [0.2, 0.25) is 5.91 Å². The lowest BCUT2D eigenvalue weighted by Crippen LogP contribution is -2.56. The number of rotatable bonds is 19. The van der Waals surface area contributed by atoms with Gasteiger partial charge in [-0.15, -0.1) is 0 Å². The van der Waals surface area contributed by atoms with Gasteiger partial charge in [0.05, 0.1) is 29.8 Å². The summed E-state index contributed by atoms with van der Waals surface area (Å²) in [6.45, 7) is 2.43. The number of nitrogens with two attached hydrogens (primary N) is 1.